The Bertz CT molecular complexity index is 895. The van der Waals surface area contributed by atoms with E-state index in [1.165, 1.54) is 0 Å². The molecule has 2 aliphatic heterocycles. The highest BCUT2D eigenvalue weighted by Gasteiger charge is 2.48. The fourth-order valence-corrected chi connectivity index (χ4v) is 5.16. The second-order valence-electron chi connectivity index (χ2n) is 10.2. The summed E-state index contributed by atoms with van der Waals surface area (Å²) < 4.78 is 37.1. The molecule has 0 spiro atoms. The van der Waals surface area contributed by atoms with Gasteiger partial charge in [0.05, 0.1) is 19.8 Å². The van der Waals surface area contributed by atoms with Crippen molar-refractivity contribution in [2.24, 2.45) is 0 Å². The monoisotopic (exact) mass is 472 g/mol. The molecule has 2 saturated heterocycles. The molecule has 0 radical (unpaired) electrons. The van der Waals surface area contributed by atoms with E-state index < -0.39 is 20.9 Å². The van der Waals surface area contributed by atoms with Crippen LogP contribution in [0.15, 0.2) is 54.6 Å². The standard InChI is InChI=1S/C26H36O6Si/c1-26(2,3)33(5,6)32-22-16-21-23(17-28-24(30-21)18-10-8-7-9-11-18)31-25(22)29-20-14-12-19(27-4)13-15-20/h7-15,21-25H,16-17H2,1-6H3/t21-,22+,23+,24+,25+/m0/s1. The Morgan fingerprint density at radius 2 is 1.55 bits per heavy atom. The zero-order valence-electron chi connectivity index (χ0n) is 20.4. The Kier molecular flexibility index (Phi) is 7.17. The van der Waals surface area contributed by atoms with Gasteiger partial charge in [-0.3, -0.25) is 0 Å². The second-order valence-corrected chi connectivity index (χ2v) is 15.0. The Balaban J connectivity index is 1.53. The summed E-state index contributed by atoms with van der Waals surface area (Å²) in [4.78, 5) is 0. The van der Waals surface area contributed by atoms with Crippen LogP contribution in [0.3, 0.4) is 0 Å². The van der Waals surface area contributed by atoms with Gasteiger partial charge in [0.15, 0.2) is 14.6 Å². The molecule has 2 aromatic carbocycles. The third-order valence-electron chi connectivity index (χ3n) is 6.84. The Morgan fingerprint density at radius 1 is 0.879 bits per heavy atom. The van der Waals surface area contributed by atoms with E-state index in [1.54, 1.807) is 7.11 Å². The van der Waals surface area contributed by atoms with Crippen molar-refractivity contribution in [3.05, 3.63) is 60.2 Å². The normalized spacial score (nSPS) is 28.1. The summed E-state index contributed by atoms with van der Waals surface area (Å²) in [7, 11) is -0.422. The molecule has 7 heteroatoms. The van der Waals surface area contributed by atoms with E-state index in [9.17, 15) is 0 Å². The van der Waals surface area contributed by atoms with Gasteiger partial charge in [-0.05, 0) is 42.4 Å². The van der Waals surface area contributed by atoms with E-state index in [4.69, 9.17) is 28.1 Å². The van der Waals surface area contributed by atoms with Crippen LogP contribution in [-0.2, 0) is 18.6 Å². The predicted molar refractivity (Wildman–Crippen MR) is 129 cm³/mol. The molecule has 0 bridgehead atoms. The lowest BCUT2D eigenvalue weighted by Gasteiger charge is -2.48. The molecule has 0 saturated carbocycles. The van der Waals surface area contributed by atoms with Gasteiger partial charge in [0.1, 0.15) is 23.7 Å². The van der Waals surface area contributed by atoms with Gasteiger partial charge >= 0.3 is 0 Å². The fraction of sp³-hybridized carbons (Fsp3) is 0.538. The Morgan fingerprint density at radius 3 is 2.18 bits per heavy atom. The van der Waals surface area contributed by atoms with Crippen LogP contribution in [-0.4, -0.2) is 46.6 Å². The first kappa shape index (κ1) is 24.2. The minimum Gasteiger partial charge on any atom is -0.497 e. The molecule has 0 amide bonds. The van der Waals surface area contributed by atoms with E-state index in [1.807, 2.05) is 54.6 Å². The van der Waals surface area contributed by atoms with Crippen LogP contribution in [0.1, 0.15) is 39.0 Å². The van der Waals surface area contributed by atoms with Gasteiger partial charge in [-0.1, -0.05) is 51.1 Å². The third kappa shape index (κ3) is 5.61. The van der Waals surface area contributed by atoms with E-state index in [0.29, 0.717) is 18.8 Å². The maximum Gasteiger partial charge on any atom is 0.225 e. The Labute approximate surface area is 198 Å². The van der Waals surface area contributed by atoms with Crippen molar-refractivity contribution < 1.29 is 28.1 Å². The molecular formula is C26H36O6Si. The van der Waals surface area contributed by atoms with E-state index in [0.717, 1.165) is 11.3 Å². The van der Waals surface area contributed by atoms with Gasteiger partial charge in [-0.25, -0.2) is 0 Å². The molecule has 2 heterocycles. The molecule has 180 valence electrons. The second kappa shape index (κ2) is 9.76. The number of hydrogen-bond acceptors (Lipinski definition) is 6. The summed E-state index contributed by atoms with van der Waals surface area (Å²) in [5.74, 6) is 1.49. The van der Waals surface area contributed by atoms with Crippen molar-refractivity contribution in [1.29, 1.82) is 0 Å². The lowest BCUT2D eigenvalue weighted by atomic mass is 10.0. The van der Waals surface area contributed by atoms with Gasteiger partial charge in [0, 0.05) is 12.0 Å². The number of ether oxygens (including phenoxy) is 5. The molecule has 0 N–H and O–H groups in total. The average Bonchev–Trinajstić information content (AvgIpc) is 2.79. The average molecular weight is 473 g/mol. The van der Waals surface area contributed by atoms with Crippen molar-refractivity contribution in [1.82, 2.24) is 0 Å². The summed E-state index contributed by atoms with van der Waals surface area (Å²) >= 11 is 0. The predicted octanol–water partition coefficient (Wildman–Crippen LogP) is 5.69. The van der Waals surface area contributed by atoms with Crippen LogP contribution < -0.4 is 9.47 Å². The van der Waals surface area contributed by atoms with Crippen LogP contribution >= 0.6 is 0 Å². The van der Waals surface area contributed by atoms with Crippen molar-refractivity contribution >= 4 is 8.32 Å². The molecular weight excluding hydrogens is 436 g/mol. The zero-order chi connectivity index (χ0) is 23.6. The number of benzene rings is 2. The molecule has 2 aliphatic rings. The van der Waals surface area contributed by atoms with Crippen molar-refractivity contribution in [2.75, 3.05) is 13.7 Å². The largest absolute Gasteiger partial charge is 0.497 e. The van der Waals surface area contributed by atoms with Crippen LogP contribution in [0, 0.1) is 0 Å². The lowest BCUT2D eigenvalue weighted by molar-refractivity contribution is -0.322. The summed E-state index contributed by atoms with van der Waals surface area (Å²) in [6.45, 7) is 11.7. The van der Waals surface area contributed by atoms with Gasteiger partial charge < -0.3 is 28.1 Å². The smallest absolute Gasteiger partial charge is 0.225 e. The lowest BCUT2D eigenvalue weighted by Crippen LogP contribution is -2.58. The molecule has 0 aliphatic carbocycles. The first-order valence-electron chi connectivity index (χ1n) is 11.6. The SMILES string of the molecule is COc1ccc(O[C@@H]2O[C@@H]3CO[C@@H](c4ccccc4)O[C@H]3C[C@H]2O[Si](C)(C)C(C)(C)C)cc1. The van der Waals surface area contributed by atoms with Crippen LogP contribution in [0.2, 0.25) is 18.1 Å². The van der Waals surface area contributed by atoms with E-state index in [-0.39, 0.29) is 23.4 Å². The van der Waals surface area contributed by atoms with Crippen molar-refractivity contribution in [3.63, 3.8) is 0 Å². The van der Waals surface area contributed by atoms with Gasteiger partial charge in [-0.15, -0.1) is 0 Å². The van der Waals surface area contributed by atoms with Crippen LogP contribution in [0.4, 0.5) is 0 Å². The maximum absolute atomic E-state index is 6.81. The number of rotatable bonds is 6. The van der Waals surface area contributed by atoms with Gasteiger partial charge in [0.25, 0.3) is 0 Å². The van der Waals surface area contributed by atoms with Crippen molar-refractivity contribution in [2.45, 2.75) is 76.2 Å². The molecule has 0 unspecified atom stereocenters. The highest BCUT2D eigenvalue weighted by Crippen LogP contribution is 2.41. The Hall–Kier alpha value is -1.90. The summed E-state index contributed by atoms with van der Waals surface area (Å²) in [5.41, 5.74) is 1.01. The molecule has 5 atom stereocenters. The first-order chi connectivity index (χ1) is 15.7. The quantitative estimate of drug-likeness (QED) is 0.503. The van der Waals surface area contributed by atoms with E-state index >= 15 is 0 Å². The topological polar surface area (TPSA) is 55.4 Å². The number of methoxy groups -OCH3 is 1. The summed E-state index contributed by atoms with van der Waals surface area (Å²) in [6, 6.07) is 17.5. The maximum atomic E-state index is 6.81. The number of hydrogen-bond donors (Lipinski definition) is 0. The highest BCUT2D eigenvalue weighted by atomic mass is 28.4. The minimum absolute atomic E-state index is 0.0671. The summed E-state index contributed by atoms with van der Waals surface area (Å²) in [5, 5.41) is 0.0671. The van der Waals surface area contributed by atoms with Crippen LogP contribution in [0.5, 0.6) is 11.5 Å². The minimum atomic E-state index is -2.07. The zero-order valence-corrected chi connectivity index (χ0v) is 21.4. The fourth-order valence-electron chi connectivity index (χ4n) is 3.85. The summed E-state index contributed by atoms with van der Waals surface area (Å²) in [6.07, 6.45) is -0.853. The molecule has 0 aromatic heterocycles. The van der Waals surface area contributed by atoms with Crippen LogP contribution in [0.25, 0.3) is 0 Å². The molecule has 6 nitrogen and oxygen atoms in total. The molecule has 33 heavy (non-hydrogen) atoms. The van der Waals surface area contributed by atoms with E-state index in [2.05, 4.69) is 33.9 Å². The first-order valence-corrected chi connectivity index (χ1v) is 14.5. The highest BCUT2D eigenvalue weighted by molar-refractivity contribution is 6.74. The molecule has 2 aromatic rings. The molecule has 4 rings (SSSR count). The van der Waals surface area contributed by atoms with Crippen molar-refractivity contribution in [3.8, 4) is 11.5 Å². The molecule has 2 fully saturated rings. The van der Waals surface area contributed by atoms with Gasteiger partial charge in [-0.2, -0.15) is 0 Å². The van der Waals surface area contributed by atoms with Gasteiger partial charge in [0.2, 0.25) is 6.29 Å². The third-order valence-corrected chi connectivity index (χ3v) is 11.3. The number of fused-ring (bicyclic) bond motifs is 1.